The molecular formula is C25H23BiFeO. The van der Waals surface area contributed by atoms with Gasteiger partial charge in [-0.05, 0) is 32.1 Å². The van der Waals surface area contributed by atoms with Gasteiger partial charge in [-0.15, -0.1) is 5.92 Å². The zero-order valence-electron chi connectivity index (χ0n) is 16.0. The molecule has 0 atom stereocenters. The molecule has 2 aromatic carbocycles. The normalized spacial score (nSPS) is 15.5. The van der Waals surface area contributed by atoms with Crippen LogP contribution in [0, 0.1) is 77.6 Å². The average Bonchev–Trinajstić information content (AvgIpc) is 3.42. The number of carbonyl (C=O) groups is 1. The summed E-state index contributed by atoms with van der Waals surface area (Å²) in [4.78, 5) is 9.84. The first-order chi connectivity index (χ1) is 13.2. The second-order valence-electron chi connectivity index (χ2n) is 5.99. The SMILES string of the molecule is Cc1cc[c]([Bi+][c]2ccc(C)cc2)cc1.O=C[C]1[C-][CH][CH][CH]1.[CH]1[CH][CH][CH][CH]1.[Fe]. The summed E-state index contributed by atoms with van der Waals surface area (Å²) >= 11 is -0.654. The number of rotatable bonds is 3. The van der Waals surface area contributed by atoms with Gasteiger partial charge < -0.3 is 11.2 Å². The number of carbonyl (C=O) groups excluding carboxylic acids is 1. The molecule has 2 saturated carbocycles. The van der Waals surface area contributed by atoms with Crippen molar-refractivity contribution in [3.8, 4) is 0 Å². The predicted molar refractivity (Wildman–Crippen MR) is 114 cm³/mol. The minimum atomic E-state index is -0.654. The molecule has 0 heterocycles. The third-order valence-corrected chi connectivity index (χ3v) is 7.96. The Labute approximate surface area is 194 Å². The number of aldehydes is 1. The fourth-order valence-electron chi connectivity index (χ4n) is 2.13. The van der Waals surface area contributed by atoms with Crippen LogP contribution < -0.4 is 6.54 Å². The molecule has 0 aromatic heterocycles. The van der Waals surface area contributed by atoms with Gasteiger partial charge in [0.05, 0.1) is 6.29 Å². The fourth-order valence-corrected chi connectivity index (χ4v) is 5.60. The molecule has 12 radical (unpaired) electrons. The molecule has 0 N–H and O–H groups in total. The van der Waals surface area contributed by atoms with E-state index in [9.17, 15) is 4.79 Å². The van der Waals surface area contributed by atoms with Crippen LogP contribution in [0.25, 0.3) is 0 Å². The number of hydrogen-bond acceptors (Lipinski definition) is 1. The molecule has 28 heavy (non-hydrogen) atoms. The topological polar surface area (TPSA) is 17.1 Å². The standard InChI is InChI=1S/2C7H7.C6H4O.C5H5.Bi.Fe/c2*1-7-5-3-2-4-6-7;7-5-6-3-1-2-4-6;1-2-4-5-3-1;;/h2*3-6H,1H3;1-3,5H;1-5H;;/q;;-1;;+1;. The summed E-state index contributed by atoms with van der Waals surface area (Å²) in [5.41, 5.74) is 2.70. The molecule has 142 valence electrons. The van der Waals surface area contributed by atoms with Crippen LogP contribution in [0.4, 0.5) is 0 Å². The molecule has 0 amide bonds. The summed E-state index contributed by atoms with van der Waals surface area (Å²) in [6.07, 6.45) is 18.7. The molecular weight excluding hydrogens is 581 g/mol. The molecule has 2 aromatic rings. The van der Waals surface area contributed by atoms with Gasteiger partial charge in [0.25, 0.3) is 0 Å². The van der Waals surface area contributed by atoms with Crippen molar-refractivity contribution < 1.29 is 21.9 Å². The Morgan fingerprint density at radius 3 is 1.43 bits per heavy atom. The van der Waals surface area contributed by atoms with Crippen LogP contribution in [0.3, 0.4) is 0 Å². The van der Waals surface area contributed by atoms with Gasteiger partial charge in [0.1, 0.15) is 0 Å². The Morgan fingerprint density at radius 2 is 1.14 bits per heavy atom. The Hall–Kier alpha value is -0.487. The summed E-state index contributed by atoms with van der Waals surface area (Å²) in [6.45, 7) is 4.28. The average molecular weight is 604 g/mol. The van der Waals surface area contributed by atoms with Gasteiger partial charge in [0.2, 0.25) is 0 Å². The molecule has 2 aliphatic rings. The molecule has 3 heteroatoms. The van der Waals surface area contributed by atoms with Crippen LogP contribution in [0.1, 0.15) is 11.1 Å². The van der Waals surface area contributed by atoms with Crippen molar-refractivity contribution in [3.63, 3.8) is 0 Å². The van der Waals surface area contributed by atoms with Crippen molar-refractivity contribution in [2.45, 2.75) is 13.8 Å². The maximum Gasteiger partial charge on any atom is 0.0927 e. The molecule has 0 bridgehead atoms. The van der Waals surface area contributed by atoms with Gasteiger partial charge in [0.15, 0.2) is 0 Å². The number of benzene rings is 2. The van der Waals surface area contributed by atoms with Gasteiger partial charge in [-0.1, -0.05) is 12.8 Å². The Morgan fingerprint density at radius 1 is 0.714 bits per heavy atom. The van der Waals surface area contributed by atoms with Crippen molar-refractivity contribution in [1.82, 2.24) is 0 Å². The van der Waals surface area contributed by atoms with Gasteiger partial charge in [-0.2, -0.15) is 0 Å². The zero-order valence-corrected chi connectivity index (χ0v) is 20.6. The first kappa shape index (κ1) is 25.5. The second kappa shape index (κ2) is 15.4. The van der Waals surface area contributed by atoms with Crippen LogP contribution in [0.5, 0.6) is 0 Å². The zero-order chi connectivity index (χ0) is 19.3. The third kappa shape index (κ3) is 10.9. The Balaban J connectivity index is 0.000000249. The van der Waals surface area contributed by atoms with Crippen LogP contribution >= 0.6 is 0 Å². The first-order valence-electron chi connectivity index (χ1n) is 8.78. The van der Waals surface area contributed by atoms with Gasteiger partial charge >= 0.3 is 103 Å². The molecule has 0 unspecified atom stereocenters. The van der Waals surface area contributed by atoms with Crippen molar-refractivity contribution in [3.05, 3.63) is 123 Å². The molecule has 2 fully saturated rings. The Bertz CT molecular complexity index is 590. The van der Waals surface area contributed by atoms with E-state index in [2.05, 4.69) is 68.8 Å². The van der Waals surface area contributed by atoms with E-state index in [1.807, 2.05) is 32.1 Å². The summed E-state index contributed by atoms with van der Waals surface area (Å²) in [5.74, 6) is 0.625. The van der Waals surface area contributed by atoms with Crippen molar-refractivity contribution >= 4 is 36.1 Å². The van der Waals surface area contributed by atoms with E-state index < -0.39 is 23.2 Å². The van der Waals surface area contributed by atoms with Crippen molar-refractivity contribution in [2.24, 2.45) is 0 Å². The maximum atomic E-state index is 9.84. The van der Waals surface area contributed by atoms with Gasteiger partial charge in [-0.25, -0.2) is 6.42 Å². The van der Waals surface area contributed by atoms with E-state index in [0.717, 1.165) is 6.29 Å². The second-order valence-corrected chi connectivity index (χ2v) is 10.9. The maximum absolute atomic E-state index is 9.84. The van der Waals surface area contributed by atoms with E-state index in [1.54, 1.807) is 25.8 Å². The quantitative estimate of drug-likeness (QED) is 0.299. The van der Waals surface area contributed by atoms with E-state index in [1.165, 1.54) is 11.1 Å². The third-order valence-electron chi connectivity index (χ3n) is 3.63. The van der Waals surface area contributed by atoms with E-state index in [4.69, 9.17) is 0 Å². The molecule has 0 spiro atoms. The van der Waals surface area contributed by atoms with Crippen LogP contribution in [0.15, 0.2) is 48.5 Å². The summed E-state index contributed by atoms with van der Waals surface area (Å²) < 4.78 is 3.12. The molecule has 4 rings (SSSR count). The Kier molecular flexibility index (Phi) is 14.0. The monoisotopic (exact) mass is 604 g/mol. The largest absolute Gasteiger partial charge is 0.463 e. The van der Waals surface area contributed by atoms with Crippen molar-refractivity contribution in [2.75, 3.05) is 0 Å². The van der Waals surface area contributed by atoms with Gasteiger partial charge in [-0.3, -0.25) is 0 Å². The molecule has 0 aliphatic heterocycles. The van der Waals surface area contributed by atoms with Gasteiger partial charge in [0, 0.05) is 17.1 Å². The predicted octanol–water partition coefficient (Wildman–Crippen LogP) is 3.44. The summed E-state index contributed by atoms with van der Waals surface area (Å²) in [5, 5.41) is 0. The van der Waals surface area contributed by atoms with E-state index >= 15 is 0 Å². The molecule has 0 saturated heterocycles. The summed E-state index contributed by atoms with van der Waals surface area (Å²) in [7, 11) is 0. The van der Waals surface area contributed by atoms with Crippen molar-refractivity contribution in [1.29, 1.82) is 0 Å². The number of hydrogen-bond donors (Lipinski definition) is 0. The minimum absolute atomic E-state index is 0. The van der Waals surface area contributed by atoms with Crippen LogP contribution in [0.2, 0.25) is 0 Å². The molecule has 2 aliphatic carbocycles. The fraction of sp³-hybridized carbons (Fsp3) is 0.0800. The van der Waals surface area contributed by atoms with Crippen LogP contribution in [-0.2, 0) is 21.9 Å². The minimum Gasteiger partial charge on any atom is -0.463 e. The molecule has 1 nitrogen and oxygen atoms in total. The van der Waals surface area contributed by atoms with E-state index in [0.29, 0.717) is 5.92 Å². The summed E-state index contributed by atoms with van der Waals surface area (Å²) in [6, 6.07) is 18.0. The van der Waals surface area contributed by atoms with E-state index in [-0.39, 0.29) is 17.1 Å². The number of aryl methyl sites for hydroxylation is 2. The first-order valence-corrected chi connectivity index (χ1v) is 12.3. The van der Waals surface area contributed by atoms with Crippen LogP contribution in [-0.4, -0.2) is 29.5 Å². The smallest absolute Gasteiger partial charge is 0.0927 e.